The third-order valence-electron chi connectivity index (χ3n) is 4.78. The van der Waals surface area contributed by atoms with Gasteiger partial charge in [-0.1, -0.05) is 13.0 Å². The molecule has 6 heteroatoms. The molecule has 6 nitrogen and oxygen atoms in total. The maximum absolute atomic E-state index is 12.8. The van der Waals surface area contributed by atoms with E-state index in [0.717, 1.165) is 17.1 Å². The first-order chi connectivity index (χ1) is 12.0. The van der Waals surface area contributed by atoms with E-state index in [0.29, 0.717) is 25.9 Å². The molecule has 0 saturated heterocycles. The van der Waals surface area contributed by atoms with Gasteiger partial charge >= 0.3 is 0 Å². The molecule has 1 atom stereocenters. The van der Waals surface area contributed by atoms with E-state index in [1.807, 2.05) is 50.6 Å². The fraction of sp³-hybridized carbons (Fsp3) is 0.526. The van der Waals surface area contributed by atoms with Crippen LogP contribution in [0.25, 0.3) is 0 Å². The smallest absolute Gasteiger partial charge is 0.225 e. The Hall–Kier alpha value is -2.21. The summed E-state index contributed by atoms with van der Waals surface area (Å²) in [5.41, 5.74) is 4.08. The first-order valence-corrected chi connectivity index (χ1v) is 8.78. The summed E-state index contributed by atoms with van der Waals surface area (Å²) in [6.45, 7) is 8.93. The molecule has 2 aromatic heterocycles. The quantitative estimate of drug-likeness (QED) is 0.798. The lowest BCUT2D eigenvalue weighted by Gasteiger charge is -2.30. The molecule has 0 radical (unpaired) electrons. The minimum atomic E-state index is -0.198. The molecular weight excluding hydrogens is 316 g/mol. The number of hydrogen-bond donors (Lipinski definition) is 1. The van der Waals surface area contributed by atoms with Crippen molar-refractivity contribution in [1.82, 2.24) is 19.7 Å². The third-order valence-corrected chi connectivity index (χ3v) is 4.78. The van der Waals surface area contributed by atoms with Gasteiger partial charge in [-0.25, -0.2) is 0 Å². The van der Waals surface area contributed by atoms with Crippen LogP contribution in [0.3, 0.4) is 0 Å². The Labute approximate surface area is 149 Å². The van der Waals surface area contributed by atoms with Crippen LogP contribution in [0, 0.1) is 20.8 Å². The zero-order valence-electron chi connectivity index (χ0n) is 15.6. The van der Waals surface area contributed by atoms with Crippen molar-refractivity contribution < 1.29 is 9.90 Å². The maximum atomic E-state index is 12.8. The summed E-state index contributed by atoms with van der Waals surface area (Å²) in [5.74, 6) is 0.0109. The van der Waals surface area contributed by atoms with Crippen LogP contribution in [-0.2, 0) is 17.9 Å². The predicted molar refractivity (Wildman–Crippen MR) is 97.0 cm³/mol. The molecule has 0 saturated carbocycles. The molecule has 0 aliphatic rings. The molecule has 2 heterocycles. The first-order valence-electron chi connectivity index (χ1n) is 8.78. The highest BCUT2D eigenvalue weighted by Crippen LogP contribution is 2.14. The number of rotatable bonds is 8. The monoisotopic (exact) mass is 344 g/mol. The van der Waals surface area contributed by atoms with Crippen molar-refractivity contribution in [2.75, 3.05) is 6.61 Å². The van der Waals surface area contributed by atoms with Crippen molar-refractivity contribution in [1.29, 1.82) is 0 Å². The maximum Gasteiger partial charge on any atom is 0.225 e. The molecule has 1 N–H and O–H groups in total. The van der Waals surface area contributed by atoms with Crippen molar-refractivity contribution in [2.45, 2.75) is 59.7 Å². The summed E-state index contributed by atoms with van der Waals surface area (Å²) in [6, 6.07) is 5.46. The highest BCUT2D eigenvalue weighted by Gasteiger charge is 2.22. The van der Waals surface area contributed by atoms with Crippen molar-refractivity contribution in [3.63, 3.8) is 0 Å². The molecule has 2 rings (SSSR count). The highest BCUT2D eigenvalue weighted by molar-refractivity contribution is 5.76. The van der Waals surface area contributed by atoms with E-state index in [1.54, 1.807) is 11.1 Å². The van der Waals surface area contributed by atoms with Crippen molar-refractivity contribution >= 4 is 5.91 Å². The summed E-state index contributed by atoms with van der Waals surface area (Å²) in [7, 11) is 0. The number of amides is 1. The molecule has 0 bridgehead atoms. The van der Waals surface area contributed by atoms with Gasteiger partial charge in [0.15, 0.2) is 0 Å². The van der Waals surface area contributed by atoms with Crippen LogP contribution >= 0.6 is 0 Å². The van der Waals surface area contributed by atoms with Gasteiger partial charge in [0, 0.05) is 24.9 Å². The van der Waals surface area contributed by atoms with Crippen LogP contribution in [0.2, 0.25) is 0 Å². The second kappa shape index (κ2) is 8.76. The molecule has 2 aromatic rings. The molecule has 0 fully saturated rings. The zero-order chi connectivity index (χ0) is 18.4. The third kappa shape index (κ3) is 4.66. The number of aliphatic hydroxyl groups excluding tert-OH is 1. The summed E-state index contributed by atoms with van der Waals surface area (Å²) in [6.07, 6.45) is 2.77. The first kappa shape index (κ1) is 19.1. The number of aryl methyl sites for hydroxylation is 2. The Morgan fingerprint density at radius 3 is 2.60 bits per heavy atom. The molecule has 0 aliphatic carbocycles. The summed E-state index contributed by atoms with van der Waals surface area (Å²) < 4.78 is 1.89. The van der Waals surface area contributed by atoms with Crippen LogP contribution in [0.4, 0.5) is 0 Å². The molecule has 0 spiro atoms. The van der Waals surface area contributed by atoms with E-state index in [4.69, 9.17) is 0 Å². The van der Waals surface area contributed by atoms with Gasteiger partial charge in [-0.2, -0.15) is 5.10 Å². The van der Waals surface area contributed by atoms with Crippen LogP contribution in [0.15, 0.2) is 24.4 Å². The molecular formula is C19H28N4O2. The van der Waals surface area contributed by atoms with E-state index < -0.39 is 0 Å². The fourth-order valence-electron chi connectivity index (χ4n) is 2.88. The highest BCUT2D eigenvalue weighted by atomic mass is 16.3. The standard InChI is InChI=1S/C19H28N4O2/c1-5-18(13-24)22(12-17-8-6-7-10-20-17)19(25)9-11-23-16(4)14(2)15(3)21-23/h6-8,10,18,24H,5,9,11-13H2,1-4H3/t18-/m1/s1. The van der Waals surface area contributed by atoms with Gasteiger partial charge < -0.3 is 10.0 Å². The zero-order valence-corrected chi connectivity index (χ0v) is 15.6. The van der Waals surface area contributed by atoms with Gasteiger partial charge in [-0.05, 0) is 44.9 Å². The van der Waals surface area contributed by atoms with Gasteiger partial charge in [0.05, 0.1) is 30.6 Å². The van der Waals surface area contributed by atoms with E-state index >= 15 is 0 Å². The number of carbonyl (C=O) groups excluding carboxylic acids is 1. The van der Waals surface area contributed by atoms with E-state index in [1.165, 1.54) is 5.56 Å². The molecule has 0 unspecified atom stereocenters. The van der Waals surface area contributed by atoms with Gasteiger partial charge in [-0.3, -0.25) is 14.5 Å². The second-order valence-electron chi connectivity index (χ2n) is 6.36. The Balaban J connectivity index is 2.10. The SMILES string of the molecule is CC[C@H](CO)N(Cc1ccccn1)C(=O)CCn1nc(C)c(C)c1C. The van der Waals surface area contributed by atoms with Crippen molar-refractivity contribution in [3.05, 3.63) is 47.0 Å². The van der Waals surface area contributed by atoms with Crippen LogP contribution in [-0.4, -0.2) is 43.3 Å². The topological polar surface area (TPSA) is 71.2 Å². The second-order valence-corrected chi connectivity index (χ2v) is 6.36. The van der Waals surface area contributed by atoms with Gasteiger partial charge in [0.25, 0.3) is 0 Å². The van der Waals surface area contributed by atoms with E-state index in [2.05, 4.69) is 10.1 Å². The Kier molecular flexibility index (Phi) is 6.70. The number of carbonyl (C=O) groups is 1. The van der Waals surface area contributed by atoms with Gasteiger partial charge in [-0.15, -0.1) is 0 Å². The Morgan fingerprint density at radius 2 is 2.08 bits per heavy atom. The van der Waals surface area contributed by atoms with Gasteiger partial charge in [0.2, 0.25) is 5.91 Å². The Morgan fingerprint density at radius 1 is 1.32 bits per heavy atom. The minimum Gasteiger partial charge on any atom is -0.394 e. The summed E-state index contributed by atoms with van der Waals surface area (Å²) in [4.78, 5) is 18.9. The van der Waals surface area contributed by atoms with Crippen LogP contribution in [0.1, 0.15) is 42.4 Å². The lowest BCUT2D eigenvalue weighted by atomic mass is 10.1. The lowest BCUT2D eigenvalue weighted by molar-refractivity contribution is -0.135. The lowest BCUT2D eigenvalue weighted by Crippen LogP contribution is -2.42. The Bertz CT molecular complexity index is 693. The predicted octanol–water partition coefficient (Wildman–Crippen LogP) is 2.39. The molecule has 1 amide bonds. The minimum absolute atomic E-state index is 0.0109. The number of nitrogens with zero attached hydrogens (tertiary/aromatic N) is 4. The summed E-state index contributed by atoms with van der Waals surface area (Å²) in [5, 5.41) is 14.2. The van der Waals surface area contributed by atoms with E-state index in [9.17, 15) is 9.90 Å². The molecule has 0 aromatic carbocycles. The number of pyridine rings is 1. The normalized spacial score (nSPS) is 12.2. The fourth-order valence-corrected chi connectivity index (χ4v) is 2.88. The van der Waals surface area contributed by atoms with Crippen LogP contribution in [0.5, 0.6) is 0 Å². The average Bonchev–Trinajstić information content (AvgIpc) is 2.87. The largest absolute Gasteiger partial charge is 0.394 e. The number of aromatic nitrogens is 3. The molecule has 136 valence electrons. The number of aliphatic hydroxyl groups is 1. The van der Waals surface area contributed by atoms with Crippen molar-refractivity contribution in [3.8, 4) is 0 Å². The van der Waals surface area contributed by atoms with E-state index in [-0.39, 0.29) is 18.6 Å². The number of hydrogen-bond acceptors (Lipinski definition) is 4. The summed E-state index contributed by atoms with van der Waals surface area (Å²) >= 11 is 0. The van der Waals surface area contributed by atoms with Gasteiger partial charge in [0.1, 0.15) is 0 Å². The van der Waals surface area contributed by atoms with Crippen molar-refractivity contribution in [2.24, 2.45) is 0 Å². The average molecular weight is 344 g/mol. The van der Waals surface area contributed by atoms with Crippen LogP contribution < -0.4 is 0 Å². The molecule has 25 heavy (non-hydrogen) atoms. The molecule has 0 aliphatic heterocycles.